The van der Waals surface area contributed by atoms with Crippen molar-refractivity contribution in [2.75, 3.05) is 13.7 Å². The van der Waals surface area contributed by atoms with E-state index in [4.69, 9.17) is 20.8 Å². The monoisotopic (exact) mass is 327 g/mol. The topological polar surface area (TPSA) is 71.7 Å². The first kappa shape index (κ1) is 16.5. The zero-order valence-electron chi connectivity index (χ0n) is 11.8. The van der Waals surface area contributed by atoms with E-state index in [1.165, 1.54) is 25.3 Å². The van der Waals surface area contributed by atoms with E-state index in [0.29, 0.717) is 11.3 Å². The van der Waals surface area contributed by atoms with E-state index >= 15 is 0 Å². The van der Waals surface area contributed by atoms with E-state index in [1.54, 1.807) is 6.07 Å². The molecule has 0 aliphatic carbocycles. The first-order chi connectivity index (χ1) is 10.5. The molecule has 0 fully saturated rings. The fraction of sp³-hybridized carbons (Fsp3) is 0.267. The maximum atomic E-state index is 13.3. The van der Waals surface area contributed by atoms with Gasteiger partial charge in [-0.3, -0.25) is 4.79 Å². The van der Waals surface area contributed by atoms with E-state index in [9.17, 15) is 14.3 Å². The molecule has 2 aromatic rings. The molecule has 1 heterocycles. The van der Waals surface area contributed by atoms with Gasteiger partial charge in [-0.2, -0.15) is 0 Å². The van der Waals surface area contributed by atoms with Crippen LogP contribution in [-0.2, 0) is 11.3 Å². The zero-order valence-corrected chi connectivity index (χ0v) is 12.6. The van der Waals surface area contributed by atoms with Crippen LogP contribution in [0.4, 0.5) is 4.39 Å². The summed E-state index contributed by atoms with van der Waals surface area (Å²) in [4.78, 5) is 11.9. The Morgan fingerprint density at radius 2 is 2.23 bits per heavy atom. The van der Waals surface area contributed by atoms with Crippen LogP contribution in [0.5, 0.6) is 0 Å². The summed E-state index contributed by atoms with van der Waals surface area (Å²) in [6.07, 6.45) is -1.05. The van der Waals surface area contributed by atoms with Crippen molar-refractivity contribution in [3.05, 3.63) is 58.3 Å². The molecule has 1 aromatic heterocycles. The molecule has 1 atom stereocenters. The number of benzene rings is 1. The molecule has 22 heavy (non-hydrogen) atoms. The van der Waals surface area contributed by atoms with Gasteiger partial charge in [0.1, 0.15) is 18.2 Å². The number of hydrogen-bond acceptors (Lipinski definition) is 4. The predicted octanol–water partition coefficient (Wildman–Crippen LogP) is 2.68. The highest BCUT2D eigenvalue weighted by Gasteiger charge is 2.15. The lowest BCUT2D eigenvalue weighted by molar-refractivity contribution is 0.0880. The van der Waals surface area contributed by atoms with Crippen molar-refractivity contribution < 1.29 is 23.4 Å². The molecule has 2 rings (SSSR count). The van der Waals surface area contributed by atoms with E-state index in [2.05, 4.69) is 5.32 Å². The Kier molecular flexibility index (Phi) is 5.54. The fourth-order valence-corrected chi connectivity index (χ4v) is 1.95. The van der Waals surface area contributed by atoms with Crippen LogP contribution in [0.3, 0.4) is 0 Å². The molecule has 0 saturated heterocycles. The van der Waals surface area contributed by atoms with Crippen molar-refractivity contribution in [1.29, 1.82) is 0 Å². The summed E-state index contributed by atoms with van der Waals surface area (Å²) in [5, 5.41) is 12.4. The summed E-state index contributed by atoms with van der Waals surface area (Å²) >= 11 is 5.57. The number of ether oxygens (including phenoxy) is 1. The maximum Gasteiger partial charge on any atom is 0.287 e. The quantitative estimate of drug-likeness (QED) is 0.855. The van der Waals surface area contributed by atoms with Crippen molar-refractivity contribution in [1.82, 2.24) is 5.32 Å². The molecule has 0 aliphatic heterocycles. The first-order valence-electron chi connectivity index (χ1n) is 6.50. The molecule has 0 aliphatic rings. The summed E-state index contributed by atoms with van der Waals surface area (Å²) in [7, 11) is 1.52. The smallest absolute Gasteiger partial charge is 0.287 e. The van der Waals surface area contributed by atoms with Crippen molar-refractivity contribution in [2.45, 2.75) is 12.7 Å². The number of aliphatic hydroxyl groups is 1. The molecule has 5 nitrogen and oxygen atoms in total. The van der Waals surface area contributed by atoms with Gasteiger partial charge in [0, 0.05) is 13.7 Å². The van der Waals surface area contributed by atoms with Crippen molar-refractivity contribution in [3.8, 4) is 0 Å². The van der Waals surface area contributed by atoms with Crippen LogP contribution in [0.1, 0.15) is 28.0 Å². The summed E-state index contributed by atoms with van der Waals surface area (Å²) in [6.45, 7) is 0.181. The van der Waals surface area contributed by atoms with Crippen molar-refractivity contribution >= 4 is 17.5 Å². The van der Waals surface area contributed by atoms with Gasteiger partial charge in [-0.15, -0.1) is 0 Å². The minimum Gasteiger partial charge on any atom is -0.453 e. The van der Waals surface area contributed by atoms with Gasteiger partial charge in [0.15, 0.2) is 5.76 Å². The molecule has 1 amide bonds. The highest BCUT2D eigenvalue weighted by atomic mass is 35.5. The number of methoxy groups -OCH3 is 1. The maximum absolute atomic E-state index is 13.3. The molecular weight excluding hydrogens is 313 g/mol. The van der Waals surface area contributed by atoms with Gasteiger partial charge < -0.3 is 19.6 Å². The SMILES string of the molecule is COCc1ccc(C(=O)NCC(O)c2ccc(Cl)c(F)c2)o1. The zero-order chi connectivity index (χ0) is 16.1. The second-order valence-corrected chi connectivity index (χ2v) is 5.01. The van der Waals surface area contributed by atoms with Gasteiger partial charge in [0.05, 0.1) is 11.1 Å². The summed E-state index contributed by atoms with van der Waals surface area (Å²) < 4.78 is 23.5. The Morgan fingerprint density at radius 3 is 2.91 bits per heavy atom. The van der Waals surface area contributed by atoms with Crippen LogP contribution in [0.25, 0.3) is 0 Å². The Hall–Kier alpha value is -1.89. The van der Waals surface area contributed by atoms with Gasteiger partial charge in [0.25, 0.3) is 5.91 Å². The molecule has 0 bridgehead atoms. The second-order valence-electron chi connectivity index (χ2n) is 4.60. The third kappa shape index (κ3) is 4.07. The largest absolute Gasteiger partial charge is 0.453 e. The summed E-state index contributed by atoms with van der Waals surface area (Å²) in [5.74, 6) is -0.467. The number of amides is 1. The summed E-state index contributed by atoms with van der Waals surface area (Å²) in [6, 6.07) is 7.11. The van der Waals surface area contributed by atoms with Crippen molar-refractivity contribution in [3.63, 3.8) is 0 Å². The number of carbonyl (C=O) groups is 1. The lowest BCUT2D eigenvalue weighted by Crippen LogP contribution is -2.28. The molecule has 0 spiro atoms. The van der Waals surface area contributed by atoms with Gasteiger partial charge in [-0.1, -0.05) is 17.7 Å². The normalized spacial score (nSPS) is 12.2. The molecule has 7 heteroatoms. The Balaban J connectivity index is 1.93. The second kappa shape index (κ2) is 7.40. The Bertz CT molecular complexity index is 659. The number of halogens is 2. The van der Waals surface area contributed by atoms with E-state index < -0.39 is 17.8 Å². The van der Waals surface area contributed by atoms with Gasteiger partial charge in [0.2, 0.25) is 0 Å². The highest BCUT2D eigenvalue weighted by Crippen LogP contribution is 2.20. The predicted molar refractivity (Wildman–Crippen MR) is 78.1 cm³/mol. The lowest BCUT2D eigenvalue weighted by Gasteiger charge is -2.12. The van der Waals surface area contributed by atoms with Gasteiger partial charge >= 0.3 is 0 Å². The van der Waals surface area contributed by atoms with Crippen LogP contribution in [0.2, 0.25) is 5.02 Å². The molecule has 2 N–H and O–H groups in total. The van der Waals surface area contributed by atoms with Crippen LogP contribution in [-0.4, -0.2) is 24.7 Å². The Labute approximate surface area is 131 Å². The van der Waals surface area contributed by atoms with Gasteiger partial charge in [-0.25, -0.2) is 4.39 Å². The van der Waals surface area contributed by atoms with Crippen LogP contribution in [0.15, 0.2) is 34.7 Å². The number of carbonyl (C=O) groups excluding carboxylic acids is 1. The fourth-order valence-electron chi connectivity index (χ4n) is 1.83. The van der Waals surface area contributed by atoms with Crippen LogP contribution < -0.4 is 5.32 Å². The highest BCUT2D eigenvalue weighted by molar-refractivity contribution is 6.30. The minimum absolute atomic E-state index is 0.0266. The molecule has 0 saturated carbocycles. The van der Waals surface area contributed by atoms with E-state index in [0.717, 1.165) is 6.07 Å². The number of nitrogens with one attached hydrogen (secondary N) is 1. The number of hydrogen-bond donors (Lipinski definition) is 2. The van der Waals surface area contributed by atoms with Crippen LogP contribution in [0, 0.1) is 5.82 Å². The number of aliphatic hydroxyl groups excluding tert-OH is 1. The van der Waals surface area contributed by atoms with Crippen molar-refractivity contribution in [2.24, 2.45) is 0 Å². The molecular formula is C15H15ClFNO4. The molecule has 1 aromatic carbocycles. The Morgan fingerprint density at radius 1 is 1.45 bits per heavy atom. The minimum atomic E-state index is -1.05. The number of furan rings is 1. The van der Waals surface area contributed by atoms with Crippen LogP contribution >= 0.6 is 11.6 Å². The lowest BCUT2D eigenvalue weighted by atomic mass is 10.1. The molecule has 0 radical (unpaired) electrons. The number of rotatable bonds is 6. The standard InChI is InChI=1S/C15H15ClFNO4/c1-21-8-10-3-5-14(22-10)15(20)18-7-13(19)9-2-4-11(16)12(17)6-9/h2-6,13,19H,7-8H2,1H3,(H,18,20). The third-order valence-electron chi connectivity index (χ3n) is 2.96. The molecule has 1 unspecified atom stereocenters. The summed E-state index contributed by atoms with van der Waals surface area (Å²) in [5.41, 5.74) is 0.321. The van der Waals surface area contributed by atoms with Gasteiger partial charge in [-0.05, 0) is 29.8 Å². The average Bonchev–Trinajstić information content (AvgIpc) is 2.96. The average molecular weight is 328 g/mol. The van der Waals surface area contributed by atoms with E-state index in [1.807, 2.05) is 0 Å². The van der Waals surface area contributed by atoms with E-state index in [-0.39, 0.29) is 23.9 Å². The first-order valence-corrected chi connectivity index (χ1v) is 6.88. The molecule has 118 valence electrons. The third-order valence-corrected chi connectivity index (χ3v) is 3.26.